The number of hydrogen-bond donors (Lipinski definition) is 6. The third kappa shape index (κ3) is 43.8. The third-order valence-corrected chi connectivity index (χ3v) is 10.1. The molecule has 0 bridgehead atoms. The SMILES string of the molecule is CN[C@@H](CCCCNC(=O)COCCOCCOCCOCCOCCOCCNC(=O)CC[C@H](NC(=O)CCCCCCCCCCCCCCCCC(=O)O)C(=O)O)C(C)=O. The highest BCUT2D eigenvalue weighted by molar-refractivity contribution is 5.84. The van der Waals surface area contributed by atoms with Crippen LogP contribution in [0.1, 0.15) is 142 Å². The van der Waals surface area contributed by atoms with Crippen molar-refractivity contribution in [2.24, 2.45) is 0 Å². The Balaban J connectivity index is 3.53. The van der Waals surface area contributed by atoms with Gasteiger partial charge in [0, 0.05) is 32.4 Å². The van der Waals surface area contributed by atoms with Crippen LogP contribution < -0.4 is 21.3 Å². The maximum Gasteiger partial charge on any atom is 0.326 e. The molecule has 0 aromatic heterocycles. The first kappa shape index (κ1) is 59.7. The van der Waals surface area contributed by atoms with Crippen molar-refractivity contribution in [2.45, 2.75) is 154 Å². The molecule has 0 aromatic carbocycles. The van der Waals surface area contributed by atoms with Gasteiger partial charge in [0.2, 0.25) is 17.7 Å². The molecule has 63 heavy (non-hydrogen) atoms. The van der Waals surface area contributed by atoms with Crippen LogP contribution >= 0.6 is 0 Å². The van der Waals surface area contributed by atoms with Gasteiger partial charge in [-0.25, -0.2) is 4.79 Å². The summed E-state index contributed by atoms with van der Waals surface area (Å²) in [7, 11) is 1.77. The molecule has 6 N–H and O–H groups in total. The molecule has 0 saturated carbocycles. The van der Waals surface area contributed by atoms with Crippen molar-refractivity contribution in [3.8, 4) is 0 Å². The van der Waals surface area contributed by atoms with Crippen molar-refractivity contribution >= 4 is 35.4 Å². The second kappa shape index (κ2) is 45.3. The lowest BCUT2D eigenvalue weighted by molar-refractivity contribution is -0.142. The van der Waals surface area contributed by atoms with E-state index in [4.69, 9.17) is 33.5 Å². The number of aliphatic carboxylic acids is 2. The predicted octanol–water partition coefficient (Wildman–Crippen LogP) is 4.34. The number of Topliss-reactive ketones (excluding diaryl/α,β-unsaturated/α-hetero) is 1. The molecule has 0 aliphatic heterocycles. The molecule has 0 rings (SSSR count). The second-order valence-corrected chi connectivity index (χ2v) is 15.6. The molecule has 2 atom stereocenters. The van der Waals surface area contributed by atoms with Crippen LogP contribution in [0, 0.1) is 0 Å². The van der Waals surface area contributed by atoms with Crippen molar-refractivity contribution in [3.63, 3.8) is 0 Å². The molecular formula is C45H84N4O14. The third-order valence-electron chi connectivity index (χ3n) is 10.1. The molecule has 0 heterocycles. The first-order chi connectivity index (χ1) is 30.6. The Morgan fingerprint density at radius 1 is 0.429 bits per heavy atom. The molecule has 0 unspecified atom stereocenters. The van der Waals surface area contributed by atoms with Gasteiger partial charge < -0.3 is 59.9 Å². The van der Waals surface area contributed by atoms with Crippen LogP contribution in [-0.4, -0.2) is 157 Å². The summed E-state index contributed by atoms with van der Waals surface area (Å²) in [6.07, 6.45) is 18.1. The van der Waals surface area contributed by atoms with E-state index in [1.165, 1.54) is 44.9 Å². The van der Waals surface area contributed by atoms with Crippen LogP contribution in [0.3, 0.4) is 0 Å². The lowest BCUT2D eigenvalue weighted by Gasteiger charge is -2.14. The van der Waals surface area contributed by atoms with Crippen LogP contribution in [0.4, 0.5) is 0 Å². The monoisotopic (exact) mass is 905 g/mol. The minimum absolute atomic E-state index is 0.00261. The summed E-state index contributed by atoms with van der Waals surface area (Å²) < 4.78 is 32.6. The van der Waals surface area contributed by atoms with Gasteiger partial charge in [-0.05, 0) is 52.5 Å². The van der Waals surface area contributed by atoms with Gasteiger partial charge >= 0.3 is 11.9 Å². The molecule has 368 valence electrons. The van der Waals surface area contributed by atoms with Crippen molar-refractivity contribution in [1.29, 1.82) is 0 Å². The molecule has 18 heteroatoms. The zero-order valence-corrected chi connectivity index (χ0v) is 38.7. The van der Waals surface area contributed by atoms with E-state index >= 15 is 0 Å². The van der Waals surface area contributed by atoms with E-state index in [1.807, 2.05) is 0 Å². The quantitative estimate of drug-likeness (QED) is 0.0465. The number of amides is 3. The largest absolute Gasteiger partial charge is 0.481 e. The van der Waals surface area contributed by atoms with Gasteiger partial charge in [0.05, 0.1) is 78.7 Å². The minimum Gasteiger partial charge on any atom is -0.481 e. The Kier molecular flexibility index (Phi) is 43.0. The molecule has 0 aliphatic rings. The van der Waals surface area contributed by atoms with Crippen molar-refractivity contribution in [1.82, 2.24) is 21.3 Å². The highest BCUT2D eigenvalue weighted by Crippen LogP contribution is 2.14. The molecule has 0 radical (unpaired) electrons. The number of hydrogen-bond acceptors (Lipinski definition) is 13. The first-order valence-electron chi connectivity index (χ1n) is 23.5. The van der Waals surface area contributed by atoms with Crippen molar-refractivity contribution < 1.29 is 67.4 Å². The average Bonchev–Trinajstić information content (AvgIpc) is 3.25. The Labute approximate surface area is 376 Å². The highest BCUT2D eigenvalue weighted by Gasteiger charge is 2.21. The predicted molar refractivity (Wildman–Crippen MR) is 239 cm³/mol. The van der Waals surface area contributed by atoms with Crippen LogP contribution in [0.15, 0.2) is 0 Å². The van der Waals surface area contributed by atoms with Gasteiger partial charge in [0.25, 0.3) is 0 Å². The number of carboxylic acid groups (broad SMARTS) is 2. The van der Waals surface area contributed by atoms with E-state index in [0.29, 0.717) is 79.0 Å². The standard InChI is InChI=1S/C45H84N4O14/c1-38(50)39(46-2)19-17-18-24-47-43(53)37-63-36-35-62-34-33-61-32-31-60-30-29-59-28-27-58-26-25-48-41(51)23-22-40(45(56)57)49-42(52)20-15-13-11-9-7-5-3-4-6-8-10-12-14-16-21-44(54)55/h39-40,46H,3-37H2,1-2H3,(H,47,53)(H,48,51)(H,49,52)(H,54,55)(H,56,57)/t39-,40-/m0/s1. The molecule has 0 aromatic rings. The summed E-state index contributed by atoms with van der Waals surface area (Å²) in [4.78, 5) is 69.9. The van der Waals surface area contributed by atoms with Crippen LogP contribution in [0.2, 0.25) is 0 Å². The van der Waals surface area contributed by atoms with Crippen molar-refractivity contribution in [2.75, 3.05) is 99.4 Å². The lowest BCUT2D eigenvalue weighted by Crippen LogP contribution is -2.41. The Morgan fingerprint density at radius 2 is 0.857 bits per heavy atom. The fraction of sp³-hybridized carbons (Fsp3) is 0.867. The molecule has 0 aliphatic carbocycles. The Morgan fingerprint density at radius 3 is 1.30 bits per heavy atom. The zero-order chi connectivity index (χ0) is 46.4. The number of unbranched alkanes of at least 4 members (excludes halogenated alkanes) is 14. The summed E-state index contributed by atoms with van der Waals surface area (Å²) >= 11 is 0. The molecule has 0 saturated heterocycles. The van der Waals surface area contributed by atoms with Gasteiger partial charge in [-0.3, -0.25) is 24.0 Å². The topological polar surface area (TPSA) is 246 Å². The molecule has 18 nitrogen and oxygen atoms in total. The van der Waals surface area contributed by atoms with E-state index in [2.05, 4.69) is 21.3 Å². The van der Waals surface area contributed by atoms with Gasteiger partial charge in [0.1, 0.15) is 18.4 Å². The molecular weight excluding hydrogens is 821 g/mol. The highest BCUT2D eigenvalue weighted by atomic mass is 16.6. The number of nitrogens with one attached hydrogen (secondary N) is 4. The Hall–Kier alpha value is -3.26. The van der Waals surface area contributed by atoms with E-state index in [-0.39, 0.29) is 75.0 Å². The minimum atomic E-state index is -1.16. The summed E-state index contributed by atoms with van der Waals surface area (Å²) in [5, 5.41) is 29.2. The fourth-order valence-corrected chi connectivity index (χ4v) is 6.40. The lowest BCUT2D eigenvalue weighted by atomic mass is 10.0. The van der Waals surface area contributed by atoms with E-state index < -0.39 is 18.0 Å². The first-order valence-corrected chi connectivity index (χ1v) is 23.5. The molecule has 0 spiro atoms. The maximum absolute atomic E-state index is 12.3. The fourth-order valence-electron chi connectivity index (χ4n) is 6.40. The number of carbonyl (C=O) groups is 6. The Bertz CT molecular complexity index is 1170. The second-order valence-electron chi connectivity index (χ2n) is 15.6. The van der Waals surface area contributed by atoms with Gasteiger partial charge in [0.15, 0.2) is 0 Å². The molecule has 0 fully saturated rings. The number of rotatable bonds is 49. The van der Waals surface area contributed by atoms with Crippen LogP contribution in [0.5, 0.6) is 0 Å². The average molecular weight is 905 g/mol. The van der Waals surface area contributed by atoms with Gasteiger partial charge in [-0.1, -0.05) is 77.0 Å². The number of ketones is 1. The van der Waals surface area contributed by atoms with Gasteiger partial charge in [-0.2, -0.15) is 0 Å². The van der Waals surface area contributed by atoms with Crippen molar-refractivity contribution in [3.05, 3.63) is 0 Å². The summed E-state index contributed by atoms with van der Waals surface area (Å²) in [5.41, 5.74) is 0. The number of ether oxygens (including phenoxy) is 6. The van der Waals surface area contributed by atoms with Crippen LogP contribution in [0.25, 0.3) is 0 Å². The summed E-state index contributed by atoms with van der Waals surface area (Å²) in [6, 6.07) is -1.25. The smallest absolute Gasteiger partial charge is 0.326 e. The number of carbonyl (C=O) groups excluding carboxylic acids is 4. The maximum atomic E-state index is 12.3. The summed E-state index contributed by atoms with van der Waals surface area (Å²) in [5.74, 6) is -2.56. The molecule has 3 amide bonds. The normalized spacial score (nSPS) is 12.2. The van der Waals surface area contributed by atoms with E-state index in [0.717, 1.165) is 57.8 Å². The van der Waals surface area contributed by atoms with Crippen LogP contribution in [-0.2, 0) is 57.2 Å². The zero-order valence-electron chi connectivity index (χ0n) is 38.7. The number of carboxylic acids is 2. The number of likely N-dealkylation sites (N-methyl/N-ethyl adjacent to an activating group) is 1. The van der Waals surface area contributed by atoms with E-state index in [9.17, 15) is 33.9 Å². The van der Waals surface area contributed by atoms with E-state index in [1.54, 1.807) is 14.0 Å². The van der Waals surface area contributed by atoms with Gasteiger partial charge in [-0.15, -0.1) is 0 Å². The summed E-state index contributed by atoms with van der Waals surface area (Å²) in [6.45, 7) is 6.41.